The lowest BCUT2D eigenvalue weighted by molar-refractivity contribution is 0.393. The minimum Gasteiger partial charge on any atom is -0.497 e. The average Bonchev–Trinajstić information content (AvgIpc) is 3.05. The monoisotopic (exact) mass is 333 g/mol. The van der Waals surface area contributed by atoms with E-state index in [1.807, 2.05) is 48.5 Å². The van der Waals surface area contributed by atoms with E-state index >= 15 is 0 Å². The van der Waals surface area contributed by atoms with E-state index in [0.717, 1.165) is 44.7 Å². The van der Waals surface area contributed by atoms with Gasteiger partial charge in [-0.3, -0.25) is 0 Å². The van der Waals surface area contributed by atoms with E-state index in [4.69, 9.17) is 13.9 Å². The second-order valence-corrected chi connectivity index (χ2v) is 5.85. The highest BCUT2D eigenvalue weighted by Crippen LogP contribution is 2.33. The maximum Gasteiger partial charge on any atom is 0.158 e. The molecule has 1 N–H and O–H groups in total. The number of rotatable bonds is 5. The molecule has 0 bridgehead atoms. The molecule has 0 spiro atoms. The maximum absolute atomic E-state index is 6.05. The molecule has 4 heteroatoms. The lowest BCUT2D eigenvalue weighted by atomic mass is 10.1. The van der Waals surface area contributed by atoms with Crippen LogP contribution < -0.4 is 14.8 Å². The Morgan fingerprint density at radius 3 is 2.32 bits per heavy atom. The zero-order chi connectivity index (χ0) is 17.2. The van der Waals surface area contributed by atoms with E-state index in [0.29, 0.717) is 6.54 Å². The van der Waals surface area contributed by atoms with Gasteiger partial charge in [-0.25, -0.2) is 0 Å². The number of hydrogen-bond donors (Lipinski definition) is 1. The third-order valence-corrected chi connectivity index (χ3v) is 4.30. The van der Waals surface area contributed by atoms with Crippen molar-refractivity contribution in [1.82, 2.24) is 0 Å². The first-order valence-corrected chi connectivity index (χ1v) is 8.14. The Labute approximate surface area is 146 Å². The molecule has 126 valence electrons. The third kappa shape index (κ3) is 2.87. The van der Waals surface area contributed by atoms with E-state index in [9.17, 15) is 0 Å². The van der Waals surface area contributed by atoms with Crippen molar-refractivity contribution in [3.8, 4) is 11.5 Å². The Balaban J connectivity index is 1.67. The van der Waals surface area contributed by atoms with Crippen molar-refractivity contribution in [2.24, 2.45) is 0 Å². The lowest BCUT2D eigenvalue weighted by Gasteiger charge is -2.10. The second-order valence-electron chi connectivity index (χ2n) is 5.85. The van der Waals surface area contributed by atoms with Crippen LogP contribution in [0, 0.1) is 0 Å². The van der Waals surface area contributed by atoms with Gasteiger partial charge in [-0.05, 0) is 29.8 Å². The Bertz CT molecular complexity index is 1010. The van der Waals surface area contributed by atoms with Crippen LogP contribution in [-0.2, 0) is 6.54 Å². The van der Waals surface area contributed by atoms with E-state index in [1.165, 1.54) is 0 Å². The quantitative estimate of drug-likeness (QED) is 0.544. The zero-order valence-corrected chi connectivity index (χ0v) is 14.2. The summed E-state index contributed by atoms with van der Waals surface area (Å²) in [5.41, 5.74) is 3.81. The summed E-state index contributed by atoms with van der Waals surface area (Å²) in [6.07, 6.45) is 0. The molecule has 1 heterocycles. The van der Waals surface area contributed by atoms with Crippen LogP contribution in [-0.4, -0.2) is 14.2 Å². The maximum atomic E-state index is 6.05. The molecular formula is C21H19NO3. The molecule has 0 aliphatic carbocycles. The third-order valence-electron chi connectivity index (χ3n) is 4.30. The second kappa shape index (κ2) is 6.40. The fraction of sp³-hybridized carbons (Fsp3) is 0.143. The number of ether oxygens (including phenoxy) is 2. The van der Waals surface area contributed by atoms with Gasteiger partial charge in [0, 0.05) is 23.4 Å². The van der Waals surface area contributed by atoms with Crippen molar-refractivity contribution in [1.29, 1.82) is 0 Å². The highest BCUT2D eigenvalue weighted by molar-refractivity contribution is 6.08. The number of hydrogen-bond acceptors (Lipinski definition) is 4. The lowest BCUT2D eigenvalue weighted by Crippen LogP contribution is -2.00. The number of anilines is 1. The average molecular weight is 333 g/mol. The Morgan fingerprint density at radius 1 is 0.840 bits per heavy atom. The van der Waals surface area contributed by atoms with Crippen LogP contribution in [0.5, 0.6) is 11.5 Å². The summed E-state index contributed by atoms with van der Waals surface area (Å²) in [6.45, 7) is 0.643. The molecule has 4 nitrogen and oxygen atoms in total. The summed E-state index contributed by atoms with van der Waals surface area (Å²) in [6, 6.07) is 20.1. The fourth-order valence-corrected chi connectivity index (χ4v) is 3.05. The van der Waals surface area contributed by atoms with Gasteiger partial charge in [0.2, 0.25) is 0 Å². The predicted molar refractivity (Wildman–Crippen MR) is 101 cm³/mol. The van der Waals surface area contributed by atoms with Gasteiger partial charge < -0.3 is 19.2 Å². The van der Waals surface area contributed by atoms with E-state index in [-0.39, 0.29) is 0 Å². The molecule has 1 aromatic heterocycles. The molecule has 0 fully saturated rings. The van der Waals surface area contributed by atoms with Gasteiger partial charge >= 0.3 is 0 Å². The van der Waals surface area contributed by atoms with E-state index < -0.39 is 0 Å². The van der Waals surface area contributed by atoms with Gasteiger partial charge in [0.15, 0.2) is 5.58 Å². The first-order chi connectivity index (χ1) is 12.3. The topological polar surface area (TPSA) is 43.6 Å². The summed E-state index contributed by atoms with van der Waals surface area (Å²) in [4.78, 5) is 0. The number of furan rings is 1. The van der Waals surface area contributed by atoms with E-state index in [2.05, 4.69) is 17.4 Å². The molecule has 0 aliphatic heterocycles. The molecule has 4 rings (SSSR count). The van der Waals surface area contributed by atoms with Crippen molar-refractivity contribution in [3.05, 3.63) is 66.2 Å². The van der Waals surface area contributed by atoms with E-state index in [1.54, 1.807) is 14.2 Å². The van der Waals surface area contributed by atoms with Crippen molar-refractivity contribution in [3.63, 3.8) is 0 Å². The molecular weight excluding hydrogens is 314 g/mol. The van der Waals surface area contributed by atoms with Gasteiger partial charge in [-0.1, -0.05) is 30.3 Å². The summed E-state index contributed by atoms with van der Waals surface area (Å²) >= 11 is 0. The van der Waals surface area contributed by atoms with Crippen LogP contribution >= 0.6 is 0 Å². The van der Waals surface area contributed by atoms with Gasteiger partial charge in [0.05, 0.1) is 19.9 Å². The molecule has 3 aromatic carbocycles. The minimum atomic E-state index is 0.643. The summed E-state index contributed by atoms with van der Waals surface area (Å²) < 4.78 is 16.7. The highest BCUT2D eigenvalue weighted by atomic mass is 16.5. The van der Waals surface area contributed by atoms with Crippen LogP contribution in [0.3, 0.4) is 0 Å². The van der Waals surface area contributed by atoms with Crippen LogP contribution in [0.25, 0.3) is 21.9 Å². The number of nitrogens with one attached hydrogen (secondary N) is 1. The number of para-hydroxylation sites is 2. The van der Waals surface area contributed by atoms with Gasteiger partial charge in [0.25, 0.3) is 0 Å². The summed E-state index contributed by atoms with van der Waals surface area (Å²) in [5.74, 6) is 1.55. The molecule has 0 saturated heterocycles. The minimum absolute atomic E-state index is 0.643. The van der Waals surface area contributed by atoms with Gasteiger partial charge in [-0.2, -0.15) is 0 Å². The Kier molecular flexibility index (Phi) is 3.94. The molecule has 0 amide bonds. The molecule has 0 unspecified atom stereocenters. The van der Waals surface area contributed by atoms with Crippen molar-refractivity contribution in [2.45, 2.75) is 6.54 Å². The summed E-state index contributed by atoms with van der Waals surface area (Å²) in [7, 11) is 3.31. The molecule has 0 atom stereocenters. The first-order valence-electron chi connectivity index (χ1n) is 8.14. The first kappa shape index (κ1) is 15.4. The standard InChI is InChI=1S/C21H19NO3/c1-23-15-10-14(11-16(12-15)24-2)13-22-19-8-5-7-18-17-6-3-4-9-20(17)25-21(18)19/h3-12,22H,13H2,1-2H3. The SMILES string of the molecule is COc1cc(CNc2cccc3c2oc2ccccc23)cc(OC)c1. The van der Waals surface area contributed by atoms with Crippen molar-refractivity contribution < 1.29 is 13.9 Å². The Morgan fingerprint density at radius 2 is 1.56 bits per heavy atom. The molecule has 0 radical (unpaired) electrons. The number of methoxy groups -OCH3 is 2. The zero-order valence-electron chi connectivity index (χ0n) is 14.2. The molecule has 25 heavy (non-hydrogen) atoms. The summed E-state index contributed by atoms with van der Waals surface area (Å²) in [5, 5.41) is 5.71. The van der Waals surface area contributed by atoms with Crippen LogP contribution in [0.15, 0.2) is 65.1 Å². The Hall–Kier alpha value is -3.14. The smallest absolute Gasteiger partial charge is 0.158 e. The van der Waals surface area contributed by atoms with Gasteiger partial charge in [0.1, 0.15) is 17.1 Å². The van der Waals surface area contributed by atoms with Crippen LogP contribution in [0.2, 0.25) is 0 Å². The fourth-order valence-electron chi connectivity index (χ4n) is 3.05. The van der Waals surface area contributed by atoms with Crippen molar-refractivity contribution >= 4 is 27.6 Å². The van der Waals surface area contributed by atoms with Crippen LogP contribution in [0.4, 0.5) is 5.69 Å². The largest absolute Gasteiger partial charge is 0.497 e. The highest BCUT2D eigenvalue weighted by Gasteiger charge is 2.10. The van der Waals surface area contributed by atoms with Crippen molar-refractivity contribution in [2.75, 3.05) is 19.5 Å². The predicted octanol–water partition coefficient (Wildman–Crippen LogP) is 5.22. The molecule has 4 aromatic rings. The van der Waals surface area contributed by atoms with Crippen LogP contribution in [0.1, 0.15) is 5.56 Å². The number of benzene rings is 3. The molecule has 0 saturated carbocycles. The normalized spacial score (nSPS) is 11.0. The van der Waals surface area contributed by atoms with Gasteiger partial charge in [-0.15, -0.1) is 0 Å². The molecule has 0 aliphatic rings. The number of fused-ring (bicyclic) bond motifs is 3.